The molecule has 1 aliphatic rings. The molecule has 0 unspecified atom stereocenters. The van der Waals surface area contributed by atoms with Gasteiger partial charge in [0.1, 0.15) is 24.7 Å². The van der Waals surface area contributed by atoms with Crippen LogP contribution in [0, 0.1) is 0 Å². The van der Waals surface area contributed by atoms with Crippen molar-refractivity contribution in [1.29, 1.82) is 0 Å². The number of hydrogen-bond donors (Lipinski definition) is 0. The van der Waals surface area contributed by atoms with Gasteiger partial charge in [-0.2, -0.15) is 18.3 Å². The topological polar surface area (TPSA) is 49.2 Å². The third kappa shape index (κ3) is 4.47. The number of halogens is 3. The lowest BCUT2D eigenvalue weighted by Crippen LogP contribution is -2.24. The number of alkyl halides is 3. The lowest BCUT2D eigenvalue weighted by molar-refractivity contribution is -0.143. The van der Waals surface area contributed by atoms with E-state index in [4.69, 9.17) is 9.47 Å². The molecule has 8 heteroatoms. The molecule has 1 fully saturated rings. The normalized spacial score (nSPS) is 16.3. The van der Waals surface area contributed by atoms with E-state index in [-0.39, 0.29) is 18.3 Å². The first-order chi connectivity index (χ1) is 11.5. The highest BCUT2D eigenvalue weighted by molar-refractivity contribution is 5.21. The summed E-state index contributed by atoms with van der Waals surface area (Å²) in [6, 6.07) is 9.03. The van der Waals surface area contributed by atoms with Crippen LogP contribution in [0.1, 0.15) is 30.4 Å². The maximum absolute atomic E-state index is 12.8. The Morgan fingerprint density at radius 3 is 2.54 bits per heavy atom. The van der Waals surface area contributed by atoms with E-state index in [1.165, 1.54) is 0 Å². The molecule has 130 valence electrons. The molecule has 0 radical (unpaired) electrons. The monoisotopic (exact) mass is 341 g/mol. The lowest BCUT2D eigenvalue weighted by Gasteiger charge is -2.21. The summed E-state index contributed by atoms with van der Waals surface area (Å²) in [5.74, 6) is 1.17. The molecule has 0 amide bonds. The highest BCUT2D eigenvalue weighted by Gasteiger charge is 2.32. The average Bonchev–Trinajstić information content (AvgIpc) is 2.95. The molecule has 1 aromatic heterocycles. The van der Waals surface area contributed by atoms with Crippen LogP contribution in [0.25, 0.3) is 0 Å². The fourth-order valence-corrected chi connectivity index (χ4v) is 2.67. The highest BCUT2D eigenvalue weighted by atomic mass is 19.4. The second-order valence-corrected chi connectivity index (χ2v) is 5.65. The summed E-state index contributed by atoms with van der Waals surface area (Å²) in [7, 11) is 0. The first kappa shape index (κ1) is 16.8. The number of benzene rings is 1. The molecule has 2 heterocycles. The third-order valence-corrected chi connectivity index (χ3v) is 3.77. The molecule has 5 nitrogen and oxygen atoms in total. The number of rotatable bonds is 5. The van der Waals surface area contributed by atoms with Gasteiger partial charge in [-0.15, -0.1) is 0 Å². The molecule has 0 spiro atoms. The average molecular weight is 341 g/mol. The Labute approximate surface area is 137 Å². The number of hydrogen-bond acceptors (Lipinski definition) is 4. The zero-order chi connectivity index (χ0) is 17.0. The van der Waals surface area contributed by atoms with E-state index < -0.39 is 12.7 Å². The maximum atomic E-state index is 12.8. The first-order valence-corrected chi connectivity index (χ1v) is 7.77. The van der Waals surface area contributed by atoms with E-state index in [1.54, 1.807) is 12.1 Å². The van der Waals surface area contributed by atoms with Crippen LogP contribution >= 0.6 is 0 Å². The Morgan fingerprint density at radius 1 is 1.17 bits per heavy atom. The molecule has 2 aromatic rings. The SMILES string of the molecule is FC(F)(F)Cn1nc(COc2ccccc2)nc1C1CCOCC1. The standard InChI is InChI=1S/C16H18F3N3O2/c17-16(18,19)11-22-15(12-6-8-23-9-7-12)20-14(21-22)10-24-13-4-2-1-3-5-13/h1-5,12H,6-11H2. The first-order valence-electron chi connectivity index (χ1n) is 7.77. The van der Waals surface area contributed by atoms with Gasteiger partial charge < -0.3 is 9.47 Å². The Bertz CT molecular complexity index is 652. The van der Waals surface area contributed by atoms with Gasteiger partial charge in [-0.1, -0.05) is 18.2 Å². The summed E-state index contributed by atoms with van der Waals surface area (Å²) in [6.45, 7) is -0.0537. The van der Waals surface area contributed by atoms with Crippen molar-refractivity contribution in [3.05, 3.63) is 42.0 Å². The van der Waals surface area contributed by atoms with Gasteiger partial charge in [-0.3, -0.25) is 0 Å². The number of ether oxygens (including phenoxy) is 2. The van der Waals surface area contributed by atoms with E-state index in [1.807, 2.05) is 18.2 Å². The molecule has 3 rings (SSSR count). The van der Waals surface area contributed by atoms with Crippen molar-refractivity contribution in [2.24, 2.45) is 0 Å². The van der Waals surface area contributed by atoms with Crippen molar-refractivity contribution in [2.45, 2.75) is 38.1 Å². The van der Waals surface area contributed by atoms with Crippen LogP contribution in [0.5, 0.6) is 5.75 Å². The minimum atomic E-state index is -4.34. The highest BCUT2D eigenvalue weighted by Crippen LogP contribution is 2.28. The molecule has 0 aliphatic carbocycles. The van der Waals surface area contributed by atoms with Gasteiger partial charge in [0, 0.05) is 19.1 Å². The molecule has 1 saturated heterocycles. The van der Waals surface area contributed by atoms with Gasteiger partial charge in [0.2, 0.25) is 0 Å². The molecule has 1 aliphatic heterocycles. The molecule has 0 saturated carbocycles. The molecule has 0 bridgehead atoms. The molecular weight excluding hydrogens is 323 g/mol. The van der Waals surface area contributed by atoms with E-state index in [0.717, 1.165) is 4.68 Å². The van der Waals surface area contributed by atoms with Crippen molar-refractivity contribution >= 4 is 0 Å². The van der Waals surface area contributed by atoms with Crippen molar-refractivity contribution in [3.63, 3.8) is 0 Å². The third-order valence-electron chi connectivity index (χ3n) is 3.77. The van der Waals surface area contributed by atoms with Crippen LogP contribution in [-0.4, -0.2) is 34.2 Å². The van der Waals surface area contributed by atoms with Crippen LogP contribution in [0.15, 0.2) is 30.3 Å². The minimum Gasteiger partial charge on any atom is -0.486 e. The fraction of sp³-hybridized carbons (Fsp3) is 0.500. The Hall–Kier alpha value is -2.09. The molecular formula is C16H18F3N3O2. The van der Waals surface area contributed by atoms with Crippen LogP contribution in [-0.2, 0) is 17.9 Å². The van der Waals surface area contributed by atoms with Crippen LogP contribution in [0.2, 0.25) is 0 Å². The Kier molecular flexibility index (Phi) is 5.03. The largest absolute Gasteiger partial charge is 0.486 e. The quantitative estimate of drug-likeness (QED) is 0.837. The van der Waals surface area contributed by atoms with Gasteiger partial charge >= 0.3 is 6.18 Å². The molecule has 1 aromatic carbocycles. The molecule has 0 N–H and O–H groups in total. The minimum absolute atomic E-state index is 0.0328. The zero-order valence-corrected chi connectivity index (χ0v) is 13.0. The fourth-order valence-electron chi connectivity index (χ4n) is 2.67. The molecule has 0 atom stereocenters. The van der Waals surface area contributed by atoms with Crippen LogP contribution in [0.4, 0.5) is 13.2 Å². The van der Waals surface area contributed by atoms with Crippen molar-refractivity contribution in [2.75, 3.05) is 13.2 Å². The summed E-state index contributed by atoms with van der Waals surface area (Å²) in [4.78, 5) is 4.30. The van der Waals surface area contributed by atoms with Gasteiger partial charge in [0.15, 0.2) is 5.82 Å². The summed E-state index contributed by atoms with van der Waals surface area (Å²) in [6.07, 6.45) is -3.05. The smallest absolute Gasteiger partial charge is 0.408 e. The summed E-state index contributed by atoms with van der Waals surface area (Å²) >= 11 is 0. The van der Waals surface area contributed by atoms with Gasteiger partial charge in [0.05, 0.1) is 0 Å². The van der Waals surface area contributed by atoms with Gasteiger partial charge in [-0.05, 0) is 25.0 Å². The van der Waals surface area contributed by atoms with Crippen LogP contribution < -0.4 is 4.74 Å². The van der Waals surface area contributed by atoms with Crippen molar-refractivity contribution in [3.8, 4) is 5.75 Å². The predicted molar refractivity (Wildman–Crippen MR) is 79.6 cm³/mol. The van der Waals surface area contributed by atoms with Gasteiger partial charge in [0.25, 0.3) is 0 Å². The van der Waals surface area contributed by atoms with Crippen molar-refractivity contribution in [1.82, 2.24) is 14.8 Å². The molecule has 24 heavy (non-hydrogen) atoms. The van der Waals surface area contributed by atoms with E-state index in [2.05, 4.69) is 10.1 Å². The maximum Gasteiger partial charge on any atom is 0.408 e. The second kappa shape index (κ2) is 7.21. The Balaban J connectivity index is 1.76. The second-order valence-electron chi connectivity index (χ2n) is 5.65. The summed E-state index contributed by atoms with van der Waals surface area (Å²) in [5.41, 5.74) is 0. The van der Waals surface area contributed by atoms with Crippen molar-refractivity contribution < 1.29 is 22.6 Å². The van der Waals surface area contributed by atoms with E-state index in [0.29, 0.717) is 37.6 Å². The Morgan fingerprint density at radius 2 is 1.88 bits per heavy atom. The summed E-state index contributed by atoms with van der Waals surface area (Å²) < 4.78 is 50.2. The van der Waals surface area contributed by atoms with E-state index >= 15 is 0 Å². The number of aromatic nitrogens is 3. The van der Waals surface area contributed by atoms with Crippen LogP contribution in [0.3, 0.4) is 0 Å². The number of nitrogens with zero attached hydrogens (tertiary/aromatic N) is 3. The summed E-state index contributed by atoms with van der Waals surface area (Å²) in [5, 5.41) is 4.01. The predicted octanol–water partition coefficient (Wildman–Crippen LogP) is 3.31. The lowest BCUT2D eigenvalue weighted by atomic mass is 9.99. The zero-order valence-electron chi connectivity index (χ0n) is 13.0. The van der Waals surface area contributed by atoms with Gasteiger partial charge in [-0.25, -0.2) is 9.67 Å². The number of para-hydroxylation sites is 1. The van der Waals surface area contributed by atoms with E-state index in [9.17, 15) is 13.2 Å².